The maximum absolute atomic E-state index is 11.5. The minimum absolute atomic E-state index is 0.171. The maximum Gasteiger partial charge on any atom is 0.326 e. The second-order valence-corrected chi connectivity index (χ2v) is 3.57. The zero-order valence-electron chi connectivity index (χ0n) is 9.93. The molecule has 1 N–H and O–H groups in total. The number of aromatic nitrogens is 2. The zero-order valence-corrected chi connectivity index (χ0v) is 9.93. The van der Waals surface area contributed by atoms with Crippen LogP contribution >= 0.6 is 0 Å². The van der Waals surface area contributed by atoms with Gasteiger partial charge in [-0.2, -0.15) is 0 Å². The number of nitrogens with zero attached hydrogens (tertiary/aromatic N) is 2. The number of benzene rings is 1. The van der Waals surface area contributed by atoms with Crippen LogP contribution in [0.1, 0.15) is 6.92 Å². The van der Waals surface area contributed by atoms with Crippen LogP contribution in [-0.2, 0) is 16.1 Å². The summed E-state index contributed by atoms with van der Waals surface area (Å²) in [6.45, 7) is 2.35. The number of para-hydroxylation sites is 2. The highest BCUT2D eigenvalue weighted by Crippen LogP contribution is 2.18. The van der Waals surface area contributed by atoms with Crippen LogP contribution in [0, 0.1) is 0 Å². The molecule has 0 saturated carbocycles. The van der Waals surface area contributed by atoms with Crippen LogP contribution in [0.5, 0.6) is 0 Å². The largest absolute Gasteiger partial charge is 0.465 e. The van der Waals surface area contributed by atoms with Crippen LogP contribution in [0.15, 0.2) is 24.3 Å². The van der Waals surface area contributed by atoms with Gasteiger partial charge in [0, 0.05) is 7.05 Å². The quantitative estimate of drug-likeness (QED) is 0.816. The first kappa shape index (κ1) is 11.4. The van der Waals surface area contributed by atoms with E-state index >= 15 is 0 Å². The average molecular weight is 233 g/mol. The third-order valence-corrected chi connectivity index (χ3v) is 2.47. The number of esters is 1. The number of imidazole rings is 1. The first-order valence-corrected chi connectivity index (χ1v) is 5.55. The van der Waals surface area contributed by atoms with Crippen LogP contribution in [0.25, 0.3) is 11.0 Å². The Kier molecular flexibility index (Phi) is 3.27. The summed E-state index contributed by atoms with van der Waals surface area (Å²) in [5.41, 5.74) is 1.78. The SMILES string of the molecule is CCOC(=O)Cn1c(NC)nc2ccccc21. The minimum Gasteiger partial charge on any atom is -0.465 e. The van der Waals surface area contributed by atoms with Crippen molar-refractivity contribution in [2.24, 2.45) is 0 Å². The molecule has 5 nitrogen and oxygen atoms in total. The van der Waals surface area contributed by atoms with Crippen LogP contribution in [0.2, 0.25) is 0 Å². The molecule has 0 spiro atoms. The van der Waals surface area contributed by atoms with E-state index < -0.39 is 0 Å². The number of carbonyl (C=O) groups excluding carboxylic acids is 1. The Bertz CT molecular complexity index is 534. The van der Waals surface area contributed by atoms with E-state index in [-0.39, 0.29) is 12.5 Å². The van der Waals surface area contributed by atoms with Crippen molar-refractivity contribution in [3.63, 3.8) is 0 Å². The fourth-order valence-corrected chi connectivity index (χ4v) is 1.76. The first-order valence-electron chi connectivity index (χ1n) is 5.55. The highest BCUT2D eigenvalue weighted by atomic mass is 16.5. The van der Waals surface area contributed by atoms with Gasteiger partial charge in [0.2, 0.25) is 5.95 Å². The molecule has 0 aliphatic heterocycles. The summed E-state index contributed by atoms with van der Waals surface area (Å²) in [4.78, 5) is 15.9. The minimum atomic E-state index is -0.257. The molecule has 0 bridgehead atoms. The zero-order chi connectivity index (χ0) is 12.3. The monoisotopic (exact) mass is 233 g/mol. The van der Waals surface area contributed by atoms with Gasteiger partial charge in [0.25, 0.3) is 0 Å². The Morgan fingerprint density at radius 1 is 1.47 bits per heavy atom. The molecule has 5 heteroatoms. The molecule has 2 aromatic rings. The Morgan fingerprint density at radius 3 is 2.94 bits per heavy atom. The Morgan fingerprint density at radius 2 is 2.24 bits per heavy atom. The summed E-state index contributed by atoms with van der Waals surface area (Å²) >= 11 is 0. The molecule has 17 heavy (non-hydrogen) atoms. The molecule has 0 atom stereocenters. The highest BCUT2D eigenvalue weighted by molar-refractivity contribution is 5.81. The Hall–Kier alpha value is -2.04. The van der Waals surface area contributed by atoms with Crippen molar-refractivity contribution in [2.75, 3.05) is 19.0 Å². The molecule has 0 aliphatic rings. The first-order chi connectivity index (χ1) is 8.26. The van der Waals surface area contributed by atoms with Crippen LogP contribution in [0.3, 0.4) is 0 Å². The normalized spacial score (nSPS) is 10.5. The van der Waals surface area contributed by atoms with E-state index in [1.54, 1.807) is 14.0 Å². The van der Waals surface area contributed by atoms with E-state index in [0.717, 1.165) is 11.0 Å². The number of hydrogen-bond acceptors (Lipinski definition) is 4. The van der Waals surface area contributed by atoms with Crippen molar-refractivity contribution in [3.05, 3.63) is 24.3 Å². The topological polar surface area (TPSA) is 56.1 Å². The molecule has 0 unspecified atom stereocenters. The number of nitrogens with one attached hydrogen (secondary N) is 1. The van der Waals surface area contributed by atoms with Gasteiger partial charge in [0.15, 0.2) is 0 Å². The summed E-state index contributed by atoms with van der Waals surface area (Å²) in [7, 11) is 1.78. The third kappa shape index (κ3) is 2.22. The molecular weight excluding hydrogens is 218 g/mol. The van der Waals surface area contributed by atoms with Crippen molar-refractivity contribution in [1.29, 1.82) is 0 Å². The van der Waals surface area contributed by atoms with Crippen molar-refractivity contribution in [2.45, 2.75) is 13.5 Å². The van der Waals surface area contributed by atoms with Gasteiger partial charge in [-0.25, -0.2) is 4.98 Å². The second kappa shape index (κ2) is 4.86. The van der Waals surface area contributed by atoms with Crippen LogP contribution in [0.4, 0.5) is 5.95 Å². The standard InChI is InChI=1S/C12H15N3O2/c1-3-17-11(16)8-15-10-7-5-4-6-9(10)14-12(15)13-2/h4-7H,3,8H2,1-2H3,(H,13,14). The summed E-state index contributed by atoms with van der Waals surface area (Å²) in [5, 5.41) is 2.98. The summed E-state index contributed by atoms with van der Waals surface area (Å²) < 4.78 is 6.76. The van der Waals surface area contributed by atoms with E-state index in [4.69, 9.17) is 4.74 Å². The molecule has 0 radical (unpaired) electrons. The Balaban J connectivity index is 2.39. The van der Waals surface area contributed by atoms with Crippen molar-refractivity contribution >= 4 is 23.0 Å². The van der Waals surface area contributed by atoms with Gasteiger partial charge in [-0.15, -0.1) is 0 Å². The van der Waals surface area contributed by atoms with Crippen LogP contribution in [-0.4, -0.2) is 29.2 Å². The van der Waals surface area contributed by atoms with E-state index in [1.165, 1.54) is 0 Å². The van der Waals surface area contributed by atoms with Crippen molar-refractivity contribution in [3.8, 4) is 0 Å². The Labute approximate surface area is 99.4 Å². The van der Waals surface area contributed by atoms with Gasteiger partial charge < -0.3 is 10.1 Å². The van der Waals surface area contributed by atoms with Crippen LogP contribution < -0.4 is 5.32 Å². The van der Waals surface area contributed by atoms with Gasteiger partial charge >= 0.3 is 5.97 Å². The lowest BCUT2D eigenvalue weighted by Crippen LogP contribution is -2.15. The number of anilines is 1. The smallest absolute Gasteiger partial charge is 0.326 e. The molecule has 90 valence electrons. The number of ether oxygens (including phenoxy) is 1. The molecule has 1 aromatic heterocycles. The summed E-state index contributed by atoms with van der Waals surface area (Å²) in [5.74, 6) is 0.409. The van der Waals surface area contributed by atoms with Crippen molar-refractivity contribution in [1.82, 2.24) is 9.55 Å². The van der Waals surface area contributed by atoms with E-state index in [1.807, 2.05) is 28.8 Å². The lowest BCUT2D eigenvalue weighted by Gasteiger charge is -2.07. The maximum atomic E-state index is 11.5. The van der Waals surface area contributed by atoms with Gasteiger partial charge in [-0.3, -0.25) is 9.36 Å². The third-order valence-electron chi connectivity index (χ3n) is 2.47. The fraction of sp³-hybridized carbons (Fsp3) is 0.333. The number of rotatable bonds is 4. The predicted molar refractivity (Wildman–Crippen MR) is 65.9 cm³/mol. The lowest BCUT2D eigenvalue weighted by molar-refractivity contribution is -0.143. The summed E-state index contributed by atoms with van der Waals surface area (Å²) in [6, 6.07) is 7.69. The van der Waals surface area contributed by atoms with Gasteiger partial charge in [0.1, 0.15) is 6.54 Å². The van der Waals surface area contributed by atoms with E-state index in [2.05, 4.69) is 10.3 Å². The number of fused-ring (bicyclic) bond motifs is 1. The molecule has 2 rings (SSSR count). The van der Waals surface area contributed by atoms with Crippen molar-refractivity contribution < 1.29 is 9.53 Å². The molecule has 1 heterocycles. The molecular formula is C12H15N3O2. The average Bonchev–Trinajstić information content (AvgIpc) is 2.68. The molecule has 0 aliphatic carbocycles. The molecule has 1 aromatic carbocycles. The lowest BCUT2D eigenvalue weighted by atomic mass is 10.3. The van der Waals surface area contributed by atoms with E-state index in [9.17, 15) is 4.79 Å². The molecule has 0 fully saturated rings. The predicted octanol–water partition coefficient (Wildman–Crippen LogP) is 1.64. The van der Waals surface area contributed by atoms with Gasteiger partial charge in [-0.05, 0) is 19.1 Å². The highest BCUT2D eigenvalue weighted by Gasteiger charge is 2.12. The molecule has 0 amide bonds. The second-order valence-electron chi connectivity index (χ2n) is 3.57. The van der Waals surface area contributed by atoms with E-state index in [0.29, 0.717) is 12.6 Å². The number of hydrogen-bond donors (Lipinski definition) is 1. The van der Waals surface area contributed by atoms with Gasteiger partial charge in [-0.1, -0.05) is 12.1 Å². The van der Waals surface area contributed by atoms with Gasteiger partial charge in [0.05, 0.1) is 17.6 Å². The summed E-state index contributed by atoms with van der Waals surface area (Å²) in [6.07, 6.45) is 0. The fourth-order valence-electron chi connectivity index (χ4n) is 1.76. The number of carbonyl (C=O) groups is 1. The molecule has 0 saturated heterocycles.